The Hall–Kier alpha value is -1.75. The molecule has 0 radical (unpaired) electrons. The van der Waals surface area contributed by atoms with Crippen LogP contribution in [0.2, 0.25) is 0 Å². The van der Waals surface area contributed by atoms with Gasteiger partial charge in [-0.25, -0.2) is 4.39 Å². The number of aliphatic hydroxyl groups is 1. The van der Waals surface area contributed by atoms with Crippen molar-refractivity contribution in [2.24, 2.45) is 0 Å². The normalized spacial score (nSPS) is 11.2. The third-order valence-corrected chi connectivity index (χ3v) is 2.75. The van der Waals surface area contributed by atoms with Gasteiger partial charge in [-0.3, -0.25) is 0 Å². The summed E-state index contributed by atoms with van der Waals surface area (Å²) in [5, 5.41) is 17.2. The zero-order valence-electron chi connectivity index (χ0n) is 10.5. The number of hydrogen-bond acceptors (Lipinski definition) is 3. The molecular weight excluding hydrogens is 233 g/mol. The van der Waals surface area contributed by atoms with E-state index in [0.29, 0.717) is 12.2 Å². The van der Waals surface area contributed by atoms with Crippen LogP contribution >= 0.6 is 0 Å². The molecule has 0 saturated heterocycles. The van der Waals surface area contributed by atoms with E-state index in [0.717, 1.165) is 11.4 Å². The number of nitrogens with zero attached hydrogens (tertiary/aromatic N) is 3. The average Bonchev–Trinajstić information content (AvgIpc) is 2.72. The van der Waals surface area contributed by atoms with Crippen molar-refractivity contribution in [3.05, 3.63) is 47.3 Å². The number of aliphatic hydroxyl groups excluding tert-OH is 1. The summed E-state index contributed by atoms with van der Waals surface area (Å²) in [5.74, 6) is 1.02. The van der Waals surface area contributed by atoms with Crippen molar-refractivity contribution in [1.82, 2.24) is 14.8 Å². The SMILES string of the molecule is CC(C)n1c(CO)nnc1Cc1cccc(F)c1. The molecule has 18 heavy (non-hydrogen) atoms. The second kappa shape index (κ2) is 5.27. The number of halogens is 1. The number of rotatable bonds is 4. The number of hydrogen-bond donors (Lipinski definition) is 1. The first-order valence-corrected chi connectivity index (χ1v) is 5.89. The Bertz CT molecular complexity index is 537. The van der Waals surface area contributed by atoms with Gasteiger partial charge in [-0.1, -0.05) is 12.1 Å². The highest BCUT2D eigenvalue weighted by atomic mass is 19.1. The van der Waals surface area contributed by atoms with Gasteiger partial charge in [0.05, 0.1) is 0 Å². The van der Waals surface area contributed by atoms with Crippen molar-refractivity contribution in [3.63, 3.8) is 0 Å². The molecule has 0 atom stereocenters. The second-order valence-corrected chi connectivity index (χ2v) is 4.46. The number of aromatic nitrogens is 3. The van der Waals surface area contributed by atoms with Gasteiger partial charge >= 0.3 is 0 Å². The summed E-state index contributed by atoms with van der Waals surface area (Å²) in [6, 6.07) is 6.58. The number of benzene rings is 1. The second-order valence-electron chi connectivity index (χ2n) is 4.46. The molecule has 0 saturated carbocycles. The third kappa shape index (κ3) is 2.56. The molecule has 0 bridgehead atoms. The van der Waals surface area contributed by atoms with Crippen molar-refractivity contribution in [2.45, 2.75) is 32.9 Å². The van der Waals surface area contributed by atoms with Crippen LogP contribution in [0.15, 0.2) is 24.3 Å². The summed E-state index contributed by atoms with van der Waals surface area (Å²) in [6.45, 7) is 3.85. The lowest BCUT2D eigenvalue weighted by atomic mass is 10.1. The van der Waals surface area contributed by atoms with Crippen LogP contribution in [-0.4, -0.2) is 19.9 Å². The highest BCUT2D eigenvalue weighted by Crippen LogP contribution is 2.15. The van der Waals surface area contributed by atoms with E-state index in [1.165, 1.54) is 12.1 Å². The Morgan fingerprint density at radius 1 is 1.28 bits per heavy atom. The minimum atomic E-state index is -0.259. The van der Waals surface area contributed by atoms with E-state index in [1.807, 2.05) is 24.5 Å². The minimum Gasteiger partial charge on any atom is -0.388 e. The van der Waals surface area contributed by atoms with Crippen molar-refractivity contribution >= 4 is 0 Å². The topological polar surface area (TPSA) is 50.9 Å². The van der Waals surface area contributed by atoms with Crippen molar-refractivity contribution in [3.8, 4) is 0 Å². The molecule has 0 spiro atoms. The molecule has 2 rings (SSSR count). The first-order valence-electron chi connectivity index (χ1n) is 5.89. The maximum Gasteiger partial charge on any atom is 0.159 e. The van der Waals surface area contributed by atoms with Gasteiger partial charge in [-0.2, -0.15) is 0 Å². The van der Waals surface area contributed by atoms with Gasteiger partial charge in [-0.05, 0) is 31.5 Å². The van der Waals surface area contributed by atoms with Gasteiger partial charge in [0.25, 0.3) is 0 Å². The summed E-state index contributed by atoms with van der Waals surface area (Å²) < 4.78 is 15.0. The summed E-state index contributed by atoms with van der Waals surface area (Å²) in [4.78, 5) is 0. The van der Waals surface area contributed by atoms with Crippen LogP contribution in [0.3, 0.4) is 0 Å². The van der Waals surface area contributed by atoms with Crippen molar-refractivity contribution in [1.29, 1.82) is 0 Å². The Morgan fingerprint density at radius 3 is 2.61 bits per heavy atom. The third-order valence-electron chi connectivity index (χ3n) is 2.75. The molecule has 0 unspecified atom stereocenters. The van der Waals surface area contributed by atoms with Crippen LogP contribution in [0.5, 0.6) is 0 Å². The van der Waals surface area contributed by atoms with E-state index in [1.54, 1.807) is 6.07 Å². The van der Waals surface area contributed by atoms with Crippen LogP contribution in [0.25, 0.3) is 0 Å². The van der Waals surface area contributed by atoms with Gasteiger partial charge < -0.3 is 9.67 Å². The highest BCUT2D eigenvalue weighted by molar-refractivity contribution is 5.20. The zero-order valence-corrected chi connectivity index (χ0v) is 10.5. The van der Waals surface area contributed by atoms with E-state index in [4.69, 9.17) is 0 Å². The summed E-state index contributed by atoms with van der Waals surface area (Å²) in [5.41, 5.74) is 0.841. The molecule has 0 amide bonds. The van der Waals surface area contributed by atoms with Crippen molar-refractivity contribution in [2.75, 3.05) is 0 Å². The van der Waals surface area contributed by atoms with Crippen LogP contribution in [0.4, 0.5) is 4.39 Å². The standard InChI is InChI=1S/C13H16FN3O/c1-9(2)17-12(15-16-13(17)8-18)7-10-4-3-5-11(14)6-10/h3-6,9,18H,7-8H2,1-2H3. The van der Waals surface area contributed by atoms with Gasteiger partial charge in [0.2, 0.25) is 0 Å². The molecule has 0 aliphatic heterocycles. The predicted molar refractivity (Wildman–Crippen MR) is 65.5 cm³/mol. The van der Waals surface area contributed by atoms with Crippen LogP contribution in [0.1, 0.15) is 37.1 Å². The van der Waals surface area contributed by atoms with Gasteiger partial charge in [0, 0.05) is 12.5 Å². The van der Waals surface area contributed by atoms with Crippen LogP contribution in [-0.2, 0) is 13.0 Å². The quantitative estimate of drug-likeness (QED) is 0.902. The smallest absolute Gasteiger partial charge is 0.159 e. The van der Waals surface area contributed by atoms with Gasteiger partial charge in [0.15, 0.2) is 5.82 Å². The minimum absolute atomic E-state index is 0.145. The first-order chi connectivity index (χ1) is 8.61. The fourth-order valence-electron chi connectivity index (χ4n) is 2.01. The fraction of sp³-hybridized carbons (Fsp3) is 0.385. The van der Waals surface area contributed by atoms with E-state index in [9.17, 15) is 9.50 Å². The molecule has 4 nitrogen and oxygen atoms in total. The Labute approximate surface area is 105 Å². The molecule has 0 aliphatic rings. The van der Waals surface area contributed by atoms with E-state index in [2.05, 4.69) is 10.2 Å². The molecule has 1 aromatic heterocycles. The van der Waals surface area contributed by atoms with E-state index in [-0.39, 0.29) is 18.5 Å². The van der Waals surface area contributed by atoms with Crippen LogP contribution < -0.4 is 0 Å². The van der Waals surface area contributed by atoms with Crippen LogP contribution in [0, 0.1) is 5.82 Å². The van der Waals surface area contributed by atoms with Crippen molar-refractivity contribution < 1.29 is 9.50 Å². The molecule has 96 valence electrons. The maximum atomic E-state index is 13.1. The average molecular weight is 249 g/mol. The molecule has 5 heteroatoms. The monoisotopic (exact) mass is 249 g/mol. The molecule has 1 heterocycles. The molecule has 1 aromatic carbocycles. The first kappa shape index (κ1) is 12.7. The lowest BCUT2D eigenvalue weighted by Crippen LogP contribution is -2.10. The molecule has 0 aliphatic carbocycles. The molecular formula is C13H16FN3O. The molecule has 2 aromatic rings. The Kier molecular flexibility index (Phi) is 3.72. The Balaban J connectivity index is 2.32. The van der Waals surface area contributed by atoms with E-state index >= 15 is 0 Å². The van der Waals surface area contributed by atoms with E-state index < -0.39 is 0 Å². The Morgan fingerprint density at radius 2 is 2.00 bits per heavy atom. The molecule has 1 N–H and O–H groups in total. The predicted octanol–water partition coefficient (Wildman–Crippen LogP) is 2.08. The largest absolute Gasteiger partial charge is 0.388 e. The fourth-order valence-corrected chi connectivity index (χ4v) is 2.01. The molecule has 0 fully saturated rings. The zero-order chi connectivity index (χ0) is 13.1. The van der Waals surface area contributed by atoms with Gasteiger partial charge in [-0.15, -0.1) is 10.2 Å². The summed E-state index contributed by atoms with van der Waals surface area (Å²) in [6.07, 6.45) is 0.503. The summed E-state index contributed by atoms with van der Waals surface area (Å²) in [7, 11) is 0. The highest BCUT2D eigenvalue weighted by Gasteiger charge is 2.14. The summed E-state index contributed by atoms with van der Waals surface area (Å²) >= 11 is 0. The van der Waals surface area contributed by atoms with Gasteiger partial charge in [0.1, 0.15) is 18.2 Å². The lowest BCUT2D eigenvalue weighted by Gasteiger charge is -2.13. The lowest BCUT2D eigenvalue weighted by molar-refractivity contribution is 0.261. The maximum absolute atomic E-state index is 13.1.